The minimum absolute atomic E-state index is 0.240. The van der Waals surface area contributed by atoms with Crippen LogP contribution in [0.25, 0.3) is 0 Å². The average molecular weight is 333 g/mol. The van der Waals surface area contributed by atoms with Crippen LogP contribution < -0.4 is 4.72 Å². The summed E-state index contributed by atoms with van der Waals surface area (Å²) in [5.41, 5.74) is 1.67. The summed E-state index contributed by atoms with van der Waals surface area (Å²) in [6.45, 7) is 0.258. The van der Waals surface area contributed by atoms with Gasteiger partial charge in [0.2, 0.25) is 10.0 Å². The topological polar surface area (TPSA) is 59.1 Å². The van der Waals surface area contributed by atoms with Gasteiger partial charge in [0.1, 0.15) is 0 Å². The lowest BCUT2D eigenvalue weighted by Gasteiger charge is -2.06. The van der Waals surface area contributed by atoms with Crippen LogP contribution in [0.15, 0.2) is 45.3 Å². The maximum Gasteiger partial charge on any atom is 0.242 e. The fraction of sp³-hybridized carbons (Fsp3) is 0.100. The predicted octanol–water partition coefficient (Wildman–Crippen LogP) is 2.38. The summed E-state index contributed by atoms with van der Waals surface area (Å²) in [7, 11) is -3.49. The van der Waals surface area contributed by atoms with Crippen molar-refractivity contribution in [1.82, 2.24) is 9.71 Å². The second-order valence-electron chi connectivity index (χ2n) is 3.22. The summed E-state index contributed by atoms with van der Waals surface area (Å²) in [5.74, 6) is 0. The molecule has 0 saturated carbocycles. The van der Waals surface area contributed by atoms with Gasteiger partial charge in [-0.2, -0.15) is 0 Å². The molecular formula is C10H9BrN2O2S2. The molecule has 0 radical (unpaired) electrons. The molecule has 0 saturated heterocycles. The number of nitrogens with zero attached hydrogens (tertiary/aromatic N) is 1. The number of rotatable bonds is 4. The number of sulfonamides is 1. The molecule has 1 aromatic carbocycles. The molecule has 7 heteroatoms. The maximum absolute atomic E-state index is 12.0. The summed E-state index contributed by atoms with van der Waals surface area (Å²) >= 11 is 4.64. The van der Waals surface area contributed by atoms with E-state index in [1.54, 1.807) is 36.0 Å². The fourth-order valence-corrected chi connectivity index (χ4v) is 3.87. The van der Waals surface area contributed by atoms with Gasteiger partial charge in [0.25, 0.3) is 0 Å². The van der Waals surface area contributed by atoms with E-state index in [0.29, 0.717) is 4.47 Å². The van der Waals surface area contributed by atoms with Crippen LogP contribution in [0.1, 0.15) is 4.88 Å². The summed E-state index contributed by atoms with van der Waals surface area (Å²) < 4.78 is 27.1. The molecule has 0 bridgehead atoms. The standard InChI is InChI=1S/C10H9BrN2O2S2/c11-9-3-1-2-4-10(9)17(14,15)13-6-8-5-12-7-16-8/h1-5,7,13H,6H2. The van der Waals surface area contributed by atoms with Crippen molar-refractivity contribution in [3.05, 3.63) is 45.3 Å². The van der Waals surface area contributed by atoms with Crippen LogP contribution in [0.4, 0.5) is 0 Å². The third-order valence-electron chi connectivity index (χ3n) is 2.05. The van der Waals surface area contributed by atoms with Gasteiger partial charge in [-0.3, -0.25) is 4.98 Å². The first-order valence-electron chi connectivity index (χ1n) is 4.71. The Bertz CT molecular complexity index is 597. The Kier molecular flexibility index (Phi) is 3.93. The van der Waals surface area contributed by atoms with Gasteiger partial charge in [-0.1, -0.05) is 12.1 Å². The van der Waals surface area contributed by atoms with Gasteiger partial charge in [0.05, 0.1) is 10.4 Å². The first kappa shape index (κ1) is 12.7. The molecule has 90 valence electrons. The molecule has 1 aromatic heterocycles. The third kappa shape index (κ3) is 3.12. The van der Waals surface area contributed by atoms with E-state index in [1.165, 1.54) is 11.3 Å². The molecule has 0 aliphatic carbocycles. The largest absolute Gasteiger partial charge is 0.253 e. The van der Waals surface area contributed by atoms with Crippen molar-refractivity contribution in [2.24, 2.45) is 0 Å². The maximum atomic E-state index is 12.0. The summed E-state index contributed by atoms with van der Waals surface area (Å²) in [5, 5.41) is 0. The first-order chi connectivity index (χ1) is 8.09. The lowest BCUT2D eigenvalue weighted by atomic mass is 10.4. The first-order valence-corrected chi connectivity index (χ1v) is 7.87. The molecule has 1 N–H and O–H groups in total. The zero-order valence-electron chi connectivity index (χ0n) is 8.63. The molecule has 0 aliphatic rings. The van der Waals surface area contributed by atoms with Crippen LogP contribution in [-0.4, -0.2) is 13.4 Å². The van der Waals surface area contributed by atoms with Gasteiger partial charge < -0.3 is 0 Å². The average Bonchev–Trinajstić information content (AvgIpc) is 2.80. The molecule has 1 heterocycles. The number of nitrogens with one attached hydrogen (secondary N) is 1. The Morgan fingerprint density at radius 2 is 2.12 bits per heavy atom. The Labute approximate surface area is 112 Å². The Morgan fingerprint density at radius 3 is 2.76 bits per heavy atom. The molecule has 0 amide bonds. The smallest absolute Gasteiger partial charge is 0.242 e. The van der Waals surface area contributed by atoms with Crippen LogP contribution in [0.3, 0.4) is 0 Å². The van der Waals surface area contributed by atoms with Crippen molar-refractivity contribution in [1.29, 1.82) is 0 Å². The highest BCUT2D eigenvalue weighted by molar-refractivity contribution is 9.10. The molecule has 0 atom stereocenters. The van der Waals surface area contributed by atoms with Crippen LogP contribution in [0.2, 0.25) is 0 Å². The fourth-order valence-electron chi connectivity index (χ4n) is 1.24. The molecule has 4 nitrogen and oxygen atoms in total. The van der Waals surface area contributed by atoms with E-state index >= 15 is 0 Å². The van der Waals surface area contributed by atoms with E-state index in [9.17, 15) is 8.42 Å². The van der Waals surface area contributed by atoms with Gasteiger partial charge in [0.15, 0.2) is 0 Å². The number of thiazole rings is 1. The van der Waals surface area contributed by atoms with E-state index in [-0.39, 0.29) is 11.4 Å². The van der Waals surface area contributed by atoms with Crippen molar-refractivity contribution < 1.29 is 8.42 Å². The van der Waals surface area contributed by atoms with E-state index in [0.717, 1.165) is 4.88 Å². The highest BCUT2D eigenvalue weighted by Gasteiger charge is 2.16. The van der Waals surface area contributed by atoms with Crippen LogP contribution in [0, 0.1) is 0 Å². The van der Waals surface area contributed by atoms with Crippen molar-refractivity contribution in [2.45, 2.75) is 11.4 Å². The second-order valence-corrected chi connectivity index (χ2v) is 6.78. The molecule has 2 aromatic rings. The Balaban J connectivity index is 2.17. The zero-order chi connectivity index (χ0) is 12.3. The Morgan fingerprint density at radius 1 is 1.35 bits per heavy atom. The third-order valence-corrected chi connectivity index (χ3v) is 5.24. The molecule has 0 spiro atoms. The van der Waals surface area contributed by atoms with Gasteiger partial charge in [-0.25, -0.2) is 13.1 Å². The molecule has 2 rings (SSSR count). The lowest BCUT2D eigenvalue weighted by molar-refractivity contribution is 0.581. The van der Waals surface area contributed by atoms with Gasteiger partial charge in [-0.15, -0.1) is 11.3 Å². The summed E-state index contributed by atoms with van der Waals surface area (Å²) in [4.78, 5) is 5.00. The van der Waals surface area contributed by atoms with Crippen LogP contribution >= 0.6 is 27.3 Å². The van der Waals surface area contributed by atoms with E-state index in [4.69, 9.17) is 0 Å². The van der Waals surface area contributed by atoms with Crippen molar-refractivity contribution in [3.63, 3.8) is 0 Å². The van der Waals surface area contributed by atoms with E-state index in [1.807, 2.05) is 0 Å². The molecule has 0 fully saturated rings. The second kappa shape index (κ2) is 5.26. The quantitative estimate of drug-likeness (QED) is 0.935. The molecule has 0 unspecified atom stereocenters. The van der Waals surface area contributed by atoms with Gasteiger partial charge in [0, 0.05) is 22.1 Å². The number of aromatic nitrogens is 1. The lowest BCUT2D eigenvalue weighted by Crippen LogP contribution is -2.23. The monoisotopic (exact) mass is 332 g/mol. The number of hydrogen-bond acceptors (Lipinski definition) is 4. The Hall–Kier alpha value is -0.760. The predicted molar refractivity (Wildman–Crippen MR) is 70.3 cm³/mol. The molecule has 0 aliphatic heterocycles. The van der Waals surface area contributed by atoms with Gasteiger partial charge in [-0.05, 0) is 28.1 Å². The van der Waals surface area contributed by atoms with Crippen LogP contribution in [-0.2, 0) is 16.6 Å². The highest BCUT2D eigenvalue weighted by Crippen LogP contribution is 2.21. The van der Waals surface area contributed by atoms with Crippen molar-refractivity contribution in [3.8, 4) is 0 Å². The molecular weight excluding hydrogens is 324 g/mol. The van der Waals surface area contributed by atoms with Gasteiger partial charge >= 0.3 is 0 Å². The number of halogens is 1. The number of benzene rings is 1. The minimum atomic E-state index is -3.49. The van der Waals surface area contributed by atoms with Crippen LogP contribution in [0.5, 0.6) is 0 Å². The minimum Gasteiger partial charge on any atom is -0.253 e. The van der Waals surface area contributed by atoms with Crippen molar-refractivity contribution >= 4 is 37.3 Å². The SMILES string of the molecule is O=S(=O)(NCc1cncs1)c1ccccc1Br. The number of hydrogen-bond donors (Lipinski definition) is 1. The van der Waals surface area contributed by atoms with Crippen molar-refractivity contribution in [2.75, 3.05) is 0 Å². The summed E-state index contributed by atoms with van der Waals surface area (Å²) in [6.07, 6.45) is 1.65. The van der Waals surface area contributed by atoms with E-state index < -0.39 is 10.0 Å². The van der Waals surface area contributed by atoms with E-state index in [2.05, 4.69) is 25.6 Å². The summed E-state index contributed by atoms with van der Waals surface area (Å²) in [6, 6.07) is 6.71. The zero-order valence-corrected chi connectivity index (χ0v) is 11.8. The normalized spacial score (nSPS) is 11.6. The molecule has 17 heavy (non-hydrogen) atoms. The highest BCUT2D eigenvalue weighted by atomic mass is 79.9.